The number of benzene rings is 2. The molecule has 1 atom stereocenters. The zero-order valence-electron chi connectivity index (χ0n) is 12.3. The van der Waals surface area contributed by atoms with Crippen molar-refractivity contribution in [2.75, 3.05) is 6.61 Å². The molecule has 0 bridgehead atoms. The van der Waals surface area contributed by atoms with Crippen LogP contribution in [0.1, 0.15) is 30.5 Å². The fourth-order valence-electron chi connectivity index (χ4n) is 2.03. The highest BCUT2D eigenvalue weighted by Crippen LogP contribution is 2.18. The van der Waals surface area contributed by atoms with Gasteiger partial charge in [-0.3, -0.25) is 5.32 Å². The molecule has 2 aromatic carbocycles. The Bertz CT molecular complexity index is 572. The zero-order valence-corrected chi connectivity index (χ0v) is 12.3. The van der Waals surface area contributed by atoms with E-state index in [-0.39, 0.29) is 6.04 Å². The zero-order chi connectivity index (χ0) is 14.9. The van der Waals surface area contributed by atoms with Crippen LogP contribution in [-0.2, 0) is 6.54 Å². The molecule has 0 aliphatic rings. The third kappa shape index (κ3) is 4.62. The van der Waals surface area contributed by atoms with Gasteiger partial charge in [-0.05, 0) is 29.7 Å². The molecule has 21 heavy (non-hydrogen) atoms. The van der Waals surface area contributed by atoms with Crippen molar-refractivity contribution in [1.82, 2.24) is 5.32 Å². The second-order valence-corrected chi connectivity index (χ2v) is 4.85. The third-order valence-corrected chi connectivity index (χ3v) is 3.17. The molecule has 0 amide bonds. The van der Waals surface area contributed by atoms with Gasteiger partial charge in [0.05, 0.1) is 12.7 Å². The van der Waals surface area contributed by atoms with Crippen LogP contribution in [0.15, 0.2) is 54.6 Å². The van der Waals surface area contributed by atoms with Crippen LogP contribution in [0.3, 0.4) is 0 Å². The molecule has 1 N–H and O–H groups in total. The molecule has 3 nitrogen and oxygen atoms in total. The van der Waals surface area contributed by atoms with Gasteiger partial charge in [0, 0.05) is 6.54 Å². The van der Waals surface area contributed by atoms with E-state index in [1.54, 1.807) is 0 Å². The van der Waals surface area contributed by atoms with Gasteiger partial charge in [-0.25, -0.2) is 0 Å². The van der Waals surface area contributed by atoms with Crippen molar-refractivity contribution in [2.24, 2.45) is 0 Å². The van der Waals surface area contributed by atoms with Crippen LogP contribution >= 0.6 is 0 Å². The number of nitriles is 1. The summed E-state index contributed by atoms with van der Waals surface area (Å²) in [6.07, 6.45) is 0.987. The standard InChI is InChI=1S/C18H20N2O/c1-2-12-21-17-10-8-16(9-11-17)18(13-19)20-14-15-6-4-3-5-7-15/h3-11,18,20H,2,12,14H2,1H3. The van der Waals surface area contributed by atoms with Crippen LogP contribution in [0.4, 0.5) is 0 Å². The number of hydrogen-bond donors (Lipinski definition) is 1. The minimum absolute atomic E-state index is 0.314. The van der Waals surface area contributed by atoms with Gasteiger partial charge in [-0.15, -0.1) is 0 Å². The summed E-state index contributed by atoms with van der Waals surface area (Å²) in [4.78, 5) is 0. The molecule has 108 valence electrons. The molecule has 0 spiro atoms. The lowest BCUT2D eigenvalue weighted by atomic mass is 10.1. The van der Waals surface area contributed by atoms with Gasteiger partial charge in [0.15, 0.2) is 0 Å². The molecule has 0 aromatic heterocycles. The Labute approximate surface area is 126 Å². The Kier molecular flexibility index (Phi) is 5.81. The lowest BCUT2D eigenvalue weighted by Crippen LogP contribution is -2.19. The molecule has 0 aliphatic heterocycles. The summed E-state index contributed by atoms with van der Waals surface area (Å²) in [6.45, 7) is 3.47. The molecular weight excluding hydrogens is 260 g/mol. The third-order valence-electron chi connectivity index (χ3n) is 3.17. The molecule has 1 unspecified atom stereocenters. The van der Waals surface area contributed by atoms with Gasteiger partial charge in [-0.1, -0.05) is 49.4 Å². The summed E-state index contributed by atoms with van der Waals surface area (Å²) in [6, 6.07) is 19.8. The number of rotatable bonds is 7. The van der Waals surface area contributed by atoms with E-state index in [1.807, 2.05) is 54.6 Å². The van der Waals surface area contributed by atoms with E-state index in [0.717, 1.165) is 17.7 Å². The van der Waals surface area contributed by atoms with Crippen molar-refractivity contribution < 1.29 is 4.74 Å². The Morgan fingerprint density at radius 2 is 1.81 bits per heavy atom. The van der Waals surface area contributed by atoms with Crippen LogP contribution in [0, 0.1) is 11.3 Å². The molecule has 0 heterocycles. The summed E-state index contributed by atoms with van der Waals surface area (Å²) in [5.74, 6) is 0.848. The molecule has 2 aromatic rings. The quantitative estimate of drug-likeness (QED) is 0.838. The molecule has 0 radical (unpaired) electrons. The fourth-order valence-corrected chi connectivity index (χ4v) is 2.03. The number of ether oxygens (including phenoxy) is 1. The molecule has 0 fully saturated rings. The van der Waals surface area contributed by atoms with Gasteiger partial charge >= 0.3 is 0 Å². The van der Waals surface area contributed by atoms with Crippen molar-refractivity contribution in [3.8, 4) is 11.8 Å². The second kappa shape index (κ2) is 8.08. The minimum atomic E-state index is -0.314. The Morgan fingerprint density at radius 1 is 1.10 bits per heavy atom. The largest absolute Gasteiger partial charge is 0.494 e. The summed E-state index contributed by atoms with van der Waals surface area (Å²) >= 11 is 0. The van der Waals surface area contributed by atoms with E-state index in [2.05, 4.69) is 18.3 Å². The van der Waals surface area contributed by atoms with Crippen molar-refractivity contribution in [3.63, 3.8) is 0 Å². The summed E-state index contributed by atoms with van der Waals surface area (Å²) in [5, 5.41) is 12.6. The average Bonchev–Trinajstić information content (AvgIpc) is 2.55. The van der Waals surface area contributed by atoms with Crippen molar-refractivity contribution in [3.05, 3.63) is 65.7 Å². The Hall–Kier alpha value is -2.31. The molecule has 2 rings (SSSR count). The van der Waals surface area contributed by atoms with Crippen molar-refractivity contribution >= 4 is 0 Å². The Morgan fingerprint density at radius 3 is 2.43 bits per heavy atom. The maximum Gasteiger partial charge on any atom is 0.121 e. The Balaban J connectivity index is 1.96. The van der Waals surface area contributed by atoms with Crippen LogP contribution < -0.4 is 10.1 Å². The smallest absolute Gasteiger partial charge is 0.121 e. The van der Waals surface area contributed by atoms with Crippen LogP contribution in [0.25, 0.3) is 0 Å². The first kappa shape index (κ1) is 15.1. The van der Waals surface area contributed by atoms with Crippen LogP contribution in [0.2, 0.25) is 0 Å². The highest BCUT2D eigenvalue weighted by molar-refractivity contribution is 5.31. The number of nitrogens with one attached hydrogen (secondary N) is 1. The lowest BCUT2D eigenvalue weighted by Gasteiger charge is -2.13. The normalized spacial score (nSPS) is 11.6. The highest BCUT2D eigenvalue weighted by atomic mass is 16.5. The van der Waals surface area contributed by atoms with E-state index in [9.17, 15) is 5.26 Å². The monoisotopic (exact) mass is 280 g/mol. The summed E-state index contributed by atoms with van der Waals surface area (Å²) in [5.41, 5.74) is 2.12. The van der Waals surface area contributed by atoms with Crippen LogP contribution in [0.5, 0.6) is 5.75 Å². The highest BCUT2D eigenvalue weighted by Gasteiger charge is 2.09. The molecule has 0 saturated heterocycles. The van der Waals surface area contributed by atoms with Crippen LogP contribution in [-0.4, -0.2) is 6.61 Å². The number of nitrogens with zero attached hydrogens (tertiary/aromatic N) is 1. The molecular formula is C18H20N2O. The number of hydrogen-bond acceptors (Lipinski definition) is 3. The minimum Gasteiger partial charge on any atom is -0.494 e. The van der Waals surface area contributed by atoms with Gasteiger partial charge < -0.3 is 4.74 Å². The SMILES string of the molecule is CCCOc1ccc(C(C#N)NCc2ccccc2)cc1. The maximum absolute atomic E-state index is 9.32. The molecule has 0 saturated carbocycles. The second-order valence-electron chi connectivity index (χ2n) is 4.85. The van der Waals surface area contributed by atoms with E-state index in [0.29, 0.717) is 13.2 Å². The van der Waals surface area contributed by atoms with Crippen molar-refractivity contribution in [1.29, 1.82) is 5.26 Å². The predicted octanol–water partition coefficient (Wildman–Crippen LogP) is 3.83. The van der Waals surface area contributed by atoms with E-state index in [1.165, 1.54) is 5.56 Å². The first-order valence-corrected chi connectivity index (χ1v) is 7.23. The summed E-state index contributed by atoms with van der Waals surface area (Å²) < 4.78 is 5.55. The average molecular weight is 280 g/mol. The van der Waals surface area contributed by atoms with Gasteiger partial charge in [0.2, 0.25) is 0 Å². The molecule has 3 heteroatoms. The van der Waals surface area contributed by atoms with E-state index in [4.69, 9.17) is 4.74 Å². The lowest BCUT2D eigenvalue weighted by molar-refractivity contribution is 0.317. The maximum atomic E-state index is 9.32. The van der Waals surface area contributed by atoms with E-state index < -0.39 is 0 Å². The van der Waals surface area contributed by atoms with Crippen molar-refractivity contribution in [2.45, 2.75) is 25.9 Å². The first-order valence-electron chi connectivity index (χ1n) is 7.23. The summed E-state index contributed by atoms with van der Waals surface area (Å²) in [7, 11) is 0. The predicted molar refractivity (Wildman–Crippen MR) is 83.9 cm³/mol. The molecule has 0 aliphatic carbocycles. The fraction of sp³-hybridized carbons (Fsp3) is 0.278. The van der Waals surface area contributed by atoms with E-state index >= 15 is 0 Å². The van der Waals surface area contributed by atoms with Gasteiger partial charge in [-0.2, -0.15) is 5.26 Å². The first-order chi connectivity index (χ1) is 10.3. The topological polar surface area (TPSA) is 45.0 Å². The van der Waals surface area contributed by atoms with Gasteiger partial charge in [0.1, 0.15) is 11.8 Å². The van der Waals surface area contributed by atoms with Gasteiger partial charge in [0.25, 0.3) is 0 Å².